The van der Waals surface area contributed by atoms with Crippen LogP contribution in [0.5, 0.6) is 5.88 Å². The number of esters is 1. The number of carbonyl (C=O) groups is 1. The van der Waals surface area contributed by atoms with Gasteiger partial charge in [0.05, 0.1) is 0 Å². The lowest BCUT2D eigenvalue weighted by atomic mass is 10.3. The van der Waals surface area contributed by atoms with Crippen LogP contribution in [0.3, 0.4) is 0 Å². The van der Waals surface area contributed by atoms with E-state index in [0.29, 0.717) is 5.88 Å². The van der Waals surface area contributed by atoms with E-state index in [1.165, 1.54) is 13.0 Å². The second-order valence-electron chi connectivity index (χ2n) is 2.16. The molecule has 0 aromatic carbocycles. The topological polar surface area (TPSA) is 39.2 Å². The van der Waals surface area contributed by atoms with Crippen molar-refractivity contribution in [2.24, 2.45) is 0 Å². The summed E-state index contributed by atoms with van der Waals surface area (Å²) in [6.07, 6.45) is 1.60. The predicted octanol–water partition coefficient (Wildman–Crippen LogP) is 1.12. The molecular formula is C8H8NO2. The zero-order chi connectivity index (χ0) is 8.27. The first-order valence-electron chi connectivity index (χ1n) is 3.21. The lowest BCUT2D eigenvalue weighted by Crippen LogP contribution is -2.02. The molecule has 0 fully saturated rings. The van der Waals surface area contributed by atoms with E-state index in [4.69, 9.17) is 0 Å². The number of aryl methyl sites for hydroxylation is 1. The van der Waals surface area contributed by atoms with Gasteiger partial charge in [-0.25, -0.2) is 4.98 Å². The number of hydrogen-bond acceptors (Lipinski definition) is 3. The van der Waals surface area contributed by atoms with Gasteiger partial charge in [0.2, 0.25) is 5.88 Å². The third-order valence-electron chi connectivity index (χ3n) is 1.06. The number of rotatable bonds is 1. The van der Waals surface area contributed by atoms with Gasteiger partial charge < -0.3 is 4.74 Å². The van der Waals surface area contributed by atoms with Crippen LogP contribution in [0.4, 0.5) is 0 Å². The molecule has 0 spiro atoms. The fourth-order valence-electron chi connectivity index (χ4n) is 0.614. The number of nitrogens with zero attached hydrogens (tertiary/aromatic N) is 1. The molecule has 0 saturated heterocycles. The van der Waals surface area contributed by atoms with E-state index in [1.54, 1.807) is 6.20 Å². The number of pyridine rings is 1. The summed E-state index contributed by atoms with van der Waals surface area (Å²) in [5.74, 6) is -0.0714. The highest BCUT2D eigenvalue weighted by Crippen LogP contribution is 2.05. The second-order valence-corrected chi connectivity index (χ2v) is 2.16. The summed E-state index contributed by atoms with van der Waals surface area (Å²) in [6.45, 7) is 3.20. The van der Waals surface area contributed by atoms with Crippen molar-refractivity contribution in [3.05, 3.63) is 23.9 Å². The Morgan fingerprint density at radius 2 is 2.45 bits per heavy atom. The van der Waals surface area contributed by atoms with Gasteiger partial charge in [0.25, 0.3) is 0 Å². The monoisotopic (exact) mass is 150 g/mol. The van der Waals surface area contributed by atoms with Gasteiger partial charge in [0.1, 0.15) is 0 Å². The summed E-state index contributed by atoms with van der Waals surface area (Å²) >= 11 is 0. The van der Waals surface area contributed by atoms with E-state index >= 15 is 0 Å². The standard InChI is InChI=1S/C8H8NO2/c1-6-3-4-8(9-5-6)11-7(2)10/h4-5H,1-2H3. The Balaban J connectivity index is 2.74. The minimum absolute atomic E-state index is 0.295. The summed E-state index contributed by atoms with van der Waals surface area (Å²) in [4.78, 5) is 14.3. The molecule has 0 bridgehead atoms. The van der Waals surface area contributed by atoms with Crippen molar-refractivity contribution in [1.82, 2.24) is 4.98 Å². The van der Waals surface area contributed by atoms with E-state index in [-0.39, 0.29) is 5.97 Å². The molecule has 11 heavy (non-hydrogen) atoms. The molecule has 0 atom stereocenters. The van der Waals surface area contributed by atoms with Gasteiger partial charge in [-0.15, -0.1) is 0 Å². The predicted molar refractivity (Wildman–Crippen MR) is 39.1 cm³/mol. The SMILES string of the molecule is CC(=O)Oc1c[c]c(C)cn1. The van der Waals surface area contributed by atoms with Gasteiger partial charge in [-0.1, -0.05) is 0 Å². The van der Waals surface area contributed by atoms with Crippen molar-refractivity contribution in [2.75, 3.05) is 0 Å². The number of aromatic nitrogens is 1. The maximum absolute atomic E-state index is 10.4. The Hall–Kier alpha value is -1.38. The van der Waals surface area contributed by atoms with Crippen LogP contribution >= 0.6 is 0 Å². The van der Waals surface area contributed by atoms with E-state index in [2.05, 4.69) is 15.8 Å². The molecule has 3 heteroatoms. The molecule has 0 amide bonds. The first-order chi connectivity index (χ1) is 5.18. The van der Waals surface area contributed by atoms with Gasteiger partial charge in [-0.2, -0.15) is 0 Å². The average molecular weight is 150 g/mol. The largest absolute Gasteiger partial charge is 0.408 e. The van der Waals surface area contributed by atoms with Crippen LogP contribution in [0.25, 0.3) is 0 Å². The van der Waals surface area contributed by atoms with Gasteiger partial charge in [0, 0.05) is 19.2 Å². The molecule has 0 saturated carbocycles. The van der Waals surface area contributed by atoms with Gasteiger partial charge in [-0.3, -0.25) is 4.79 Å². The third-order valence-corrected chi connectivity index (χ3v) is 1.06. The third kappa shape index (κ3) is 2.37. The normalized spacial score (nSPS) is 9.27. The summed E-state index contributed by atoms with van der Waals surface area (Å²) in [5, 5.41) is 0. The van der Waals surface area contributed by atoms with Gasteiger partial charge in [0.15, 0.2) is 0 Å². The van der Waals surface area contributed by atoms with Crippen LogP contribution in [-0.2, 0) is 4.79 Å². The quantitative estimate of drug-likeness (QED) is 0.563. The van der Waals surface area contributed by atoms with Crippen LogP contribution in [0.2, 0.25) is 0 Å². The minimum Gasteiger partial charge on any atom is -0.408 e. The smallest absolute Gasteiger partial charge is 0.309 e. The molecule has 0 aliphatic rings. The summed E-state index contributed by atoms with van der Waals surface area (Å²) in [6, 6.07) is 4.40. The molecule has 0 aliphatic heterocycles. The molecule has 3 nitrogen and oxygen atoms in total. The lowest BCUT2D eigenvalue weighted by Gasteiger charge is -1.97. The Bertz CT molecular complexity index is 253. The van der Waals surface area contributed by atoms with Crippen molar-refractivity contribution >= 4 is 5.97 Å². The molecule has 1 heterocycles. The number of carbonyl (C=O) groups excluding carboxylic acids is 1. The van der Waals surface area contributed by atoms with Gasteiger partial charge in [-0.05, 0) is 18.6 Å². The summed E-state index contributed by atoms with van der Waals surface area (Å²) in [7, 11) is 0. The fraction of sp³-hybridized carbons (Fsp3) is 0.250. The van der Waals surface area contributed by atoms with E-state index < -0.39 is 0 Å². The second kappa shape index (κ2) is 3.14. The van der Waals surface area contributed by atoms with Crippen LogP contribution in [0.15, 0.2) is 12.3 Å². The molecule has 0 unspecified atom stereocenters. The molecular weight excluding hydrogens is 142 g/mol. The number of hydrogen-bond donors (Lipinski definition) is 0. The molecule has 1 rings (SSSR count). The van der Waals surface area contributed by atoms with Crippen molar-refractivity contribution in [2.45, 2.75) is 13.8 Å². The maximum Gasteiger partial charge on any atom is 0.309 e. The summed E-state index contributed by atoms with van der Waals surface area (Å²) < 4.78 is 4.69. The van der Waals surface area contributed by atoms with E-state index in [0.717, 1.165) is 5.56 Å². The minimum atomic E-state index is -0.366. The molecule has 1 aromatic heterocycles. The first kappa shape index (κ1) is 7.72. The van der Waals surface area contributed by atoms with Crippen molar-refractivity contribution in [1.29, 1.82) is 0 Å². The Morgan fingerprint density at radius 1 is 1.73 bits per heavy atom. The van der Waals surface area contributed by atoms with Crippen LogP contribution in [-0.4, -0.2) is 11.0 Å². The maximum atomic E-state index is 10.4. The molecule has 1 aromatic rings. The Morgan fingerprint density at radius 3 is 2.91 bits per heavy atom. The number of ether oxygens (including phenoxy) is 1. The molecule has 0 N–H and O–H groups in total. The zero-order valence-corrected chi connectivity index (χ0v) is 6.42. The van der Waals surface area contributed by atoms with Crippen LogP contribution in [0, 0.1) is 13.0 Å². The molecule has 0 aliphatic carbocycles. The highest BCUT2D eigenvalue weighted by molar-refractivity contribution is 5.68. The van der Waals surface area contributed by atoms with E-state index in [9.17, 15) is 4.79 Å². The van der Waals surface area contributed by atoms with Crippen LogP contribution in [0.1, 0.15) is 12.5 Å². The Labute approximate surface area is 65.0 Å². The van der Waals surface area contributed by atoms with E-state index in [1.807, 2.05) is 6.92 Å². The molecule has 57 valence electrons. The van der Waals surface area contributed by atoms with Crippen molar-refractivity contribution < 1.29 is 9.53 Å². The fourth-order valence-corrected chi connectivity index (χ4v) is 0.614. The Kier molecular flexibility index (Phi) is 2.21. The van der Waals surface area contributed by atoms with Crippen LogP contribution < -0.4 is 4.74 Å². The van der Waals surface area contributed by atoms with Crippen molar-refractivity contribution in [3.63, 3.8) is 0 Å². The first-order valence-corrected chi connectivity index (χ1v) is 3.21. The summed E-state index contributed by atoms with van der Waals surface area (Å²) in [5.41, 5.74) is 0.918. The zero-order valence-electron chi connectivity index (χ0n) is 6.42. The van der Waals surface area contributed by atoms with Gasteiger partial charge >= 0.3 is 5.97 Å². The van der Waals surface area contributed by atoms with Crippen molar-refractivity contribution in [3.8, 4) is 5.88 Å². The lowest BCUT2D eigenvalue weighted by molar-refractivity contribution is -0.132. The average Bonchev–Trinajstić information content (AvgIpc) is 1.93. The molecule has 1 radical (unpaired) electrons. The highest BCUT2D eigenvalue weighted by Gasteiger charge is 1.96. The highest BCUT2D eigenvalue weighted by atomic mass is 16.5.